The molecule has 0 unspecified atom stereocenters. The van der Waals surface area contributed by atoms with Gasteiger partial charge in [0.05, 0.1) is 0 Å². The van der Waals surface area contributed by atoms with Crippen molar-refractivity contribution in [2.24, 2.45) is 0 Å². The van der Waals surface area contributed by atoms with Crippen LogP contribution in [0.3, 0.4) is 0 Å². The van der Waals surface area contributed by atoms with Crippen molar-refractivity contribution in [1.82, 2.24) is 0 Å². The first-order valence-corrected chi connectivity index (χ1v) is 15.6. The zero-order chi connectivity index (χ0) is 30.5. The summed E-state index contributed by atoms with van der Waals surface area (Å²) in [5.41, 5.74) is 10.8. The van der Waals surface area contributed by atoms with E-state index in [0.29, 0.717) is 0 Å². The molecule has 0 spiro atoms. The smallest absolute Gasteiger partial charge is 0.143 e. The van der Waals surface area contributed by atoms with Crippen molar-refractivity contribution in [3.63, 3.8) is 0 Å². The number of furan rings is 2. The summed E-state index contributed by atoms with van der Waals surface area (Å²) >= 11 is 0. The van der Waals surface area contributed by atoms with Gasteiger partial charge in [-0.3, -0.25) is 0 Å². The highest BCUT2D eigenvalue weighted by atomic mass is 16.3. The summed E-state index contributed by atoms with van der Waals surface area (Å²) in [6, 6.07) is 59.6. The largest absolute Gasteiger partial charge is 0.456 e. The number of hydrogen-bond acceptors (Lipinski definition) is 2. The van der Waals surface area contributed by atoms with Crippen LogP contribution in [-0.4, -0.2) is 0 Å². The lowest BCUT2D eigenvalue weighted by atomic mass is 9.92. The first-order valence-electron chi connectivity index (χ1n) is 15.6. The standard InChI is InChI=1S/C44H28O2/c1-3-13-29(14-4-1)33-17-7-8-19-36(33)43-37-20-9-10-21-38(37)44(46-43)40-28-31(23-25-34(40)30-15-5-2-6-16-30)32-24-26-42-39(27-32)35-18-11-12-22-41(35)45-42/h1-28H. The maximum atomic E-state index is 7.05. The molecule has 2 heterocycles. The Bertz CT molecular complexity index is 2520. The van der Waals surface area contributed by atoms with Crippen LogP contribution in [0.1, 0.15) is 0 Å². The Morgan fingerprint density at radius 1 is 0.261 bits per heavy atom. The number of rotatable bonds is 5. The molecule has 0 N–H and O–H groups in total. The minimum absolute atomic E-state index is 0.865. The first-order chi connectivity index (χ1) is 22.8. The van der Waals surface area contributed by atoms with Gasteiger partial charge in [0.2, 0.25) is 0 Å². The van der Waals surface area contributed by atoms with Gasteiger partial charge in [0.25, 0.3) is 0 Å². The Labute approximate surface area is 266 Å². The summed E-state index contributed by atoms with van der Waals surface area (Å²) in [4.78, 5) is 0. The molecule has 0 aliphatic rings. The van der Waals surface area contributed by atoms with Gasteiger partial charge in [0.1, 0.15) is 22.7 Å². The van der Waals surface area contributed by atoms with Crippen LogP contribution >= 0.6 is 0 Å². The fourth-order valence-corrected chi connectivity index (χ4v) is 6.73. The second-order valence-corrected chi connectivity index (χ2v) is 11.7. The highest BCUT2D eigenvalue weighted by Gasteiger charge is 2.22. The van der Waals surface area contributed by atoms with Gasteiger partial charge in [0.15, 0.2) is 0 Å². The normalized spacial score (nSPS) is 11.5. The van der Waals surface area contributed by atoms with E-state index >= 15 is 0 Å². The van der Waals surface area contributed by atoms with Gasteiger partial charge < -0.3 is 8.83 Å². The average Bonchev–Trinajstić information content (AvgIpc) is 3.71. The molecule has 9 aromatic rings. The molecule has 0 amide bonds. The van der Waals surface area contributed by atoms with E-state index in [0.717, 1.165) is 88.7 Å². The van der Waals surface area contributed by atoms with Crippen LogP contribution in [0.5, 0.6) is 0 Å². The van der Waals surface area contributed by atoms with Crippen molar-refractivity contribution in [2.75, 3.05) is 0 Å². The molecule has 7 aromatic carbocycles. The van der Waals surface area contributed by atoms with Crippen LogP contribution < -0.4 is 0 Å². The Balaban J connectivity index is 1.28. The average molecular weight is 589 g/mol. The van der Waals surface area contributed by atoms with Crippen LogP contribution in [0, 0.1) is 0 Å². The molecule has 0 aliphatic carbocycles. The summed E-state index contributed by atoms with van der Waals surface area (Å²) in [5, 5.41) is 4.42. The molecule has 2 aromatic heterocycles. The molecule has 2 nitrogen and oxygen atoms in total. The third kappa shape index (κ3) is 4.35. The maximum absolute atomic E-state index is 7.05. The predicted molar refractivity (Wildman–Crippen MR) is 191 cm³/mol. The van der Waals surface area contributed by atoms with E-state index in [1.807, 2.05) is 12.1 Å². The van der Waals surface area contributed by atoms with E-state index in [4.69, 9.17) is 8.83 Å². The fraction of sp³-hybridized carbons (Fsp3) is 0. The lowest BCUT2D eigenvalue weighted by molar-refractivity contribution is 0.602. The van der Waals surface area contributed by atoms with Crippen LogP contribution in [0.4, 0.5) is 0 Å². The maximum Gasteiger partial charge on any atom is 0.143 e. The molecule has 216 valence electrons. The summed E-state index contributed by atoms with van der Waals surface area (Å²) < 4.78 is 13.2. The van der Waals surface area contributed by atoms with Crippen molar-refractivity contribution in [3.05, 3.63) is 170 Å². The molecular formula is C44H28O2. The van der Waals surface area contributed by atoms with E-state index < -0.39 is 0 Å². The van der Waals surface area contributed by atoms with E-state index in [2.05, 4.69) is 158 Å². The molecule has 0 saturated heterocycles. The molecule has 0 bridgehead atoms. The number of fused-ring (bicyclic) bond motifs is 4. The molecule has 0 atom stereocenters. The van der Waals surface area contributed by atoms with Crippen molar-refractivity contribution < 1.29 is 8.83 Å². The lowest BCUT2D eigenvalue weighted by Gasteiger charge is -2.12. The van der Waals surface area contributed by atoms with Crippen molar-refractivity contribution in [1.29, 1.82) is 0 Å². The lowest BCUT2D eigenvalue weighted by Crippen LogP contribution is -1.87. The molecule has 2 heteroatoms. The first kappa shape index (κ1) is 26.3. The molecule has 0 fully saturated rings. The van der Waals surface area contributed by atoms with Crippen LogP contribution in [0.15, 0.2) is 179 Å². The number of hydrogen-bond donors (Lipinski definition) is 0. The van der Waals surface area contributed by atoms with Gasteiger partial charge in [-0.25, -0.2) is 0 Å². The highest BCUT2D eigenvalue weighted by Crippen LogP contribution is 2.46. The molecule has 46 heavy (non-hydrogen) atoms. The number of para-hydroxylation sites is 1. The van der Waals surface area contributed by atoms with Gasteiger partial charge in [-0.05, 0) is 57.6 Å². The van der Waals surface area contributed by atoms with Crippen molar-refractivity contribution in [2.45, 2.75) is 0 Å². The number of benzene rings is 7. The summed E-state index contributed by atoms with van der Waals surface area (Å²) in [5.74, 6) is 1.74. The minimum Gasteiger partial charge on any atom is -0.456 e. The van der Waals surface area contributed by atoms with Crippen molar-refractivity contribution >= 4 is 32.7 Å². The van der Waals surface area contributed by atoms with Gasteiger partial charge in [-0.15, -0.1) is 0 Å². The molecule has 0 aliphatic heterocycles. The Kier molecular flexibility index (Phi) is 6.17. The Hall–Kier alpha value is -6.12. The topological polar surface area (TPSA) is 26.3 Å². The Morgan fingerprint density at radius 3 is 1.48 bits per heavy atom. The third-order valence-corrected chi connectivity index (χ3v) is 8.94. The van der Waals surface area contributed by atoms with E-state index in [1.54, 1.807) is 0 Å². The molecule has 0 saturated carbocycles. The van der Waals surface area contributed by atoms with Gasteiger partial charge in [0, 0.05) is 32.7 Å². The molecule has 9 rings (SSSR count). The van der Waals surface area contributed by atoms with E-state index in [1.165, 1.54) is 0 Å². The second-order valence-electron chi connectivity index (χ2n) is 11.7. The zero-order valence-electron chi connectivity index (χ0n) is 25.0. The summed E-state index contributed by atoms with van der Waals surface area (Å²) in [6.07, 6.45) is 0. The second kappa shape index (κ2) is 10.8. The summed E-state index contributed by atoms with van der Waals surface area (Å²) in [7, 11) is 0. The SMILES string of the molecule is c1ccc(-c2ccccc2-c2oc(-c3cc(-c4ccc5oc6ccccc6c5c4)ccc3-c3ccccc3)c3ccccc23)cc1. The minimum atomic E-state index is 0.865. The molecule has 0 radical (unpaired) electrons. The van der Waals surface area contributed by atoms with Crippen LogP contribution in [0.25, 0.3) is 88.7 Å². The van der Waals surface area contributed by atoms with Gasteiger partial charge >= 0.3 is 0 Å². The third-order valence-electron chi connectivity index (χ3n) is 8.94. The van der Waals surface area contributed by atoms with Gasteiger partial charge in [-0.2, -0.15) is 0 Å². The Morgan fingerprint density at radius 2 is 0.761 bits per heavy atom. The quantitative estimate of drug-likeness (QED) is 0.200. The summed E-state index contributed by atoms with van der Waals surface area (Å²) in [6.45, 7) is 0. The van der Waals surface area contributed by atoms with Crippen molar-refractivity contribution in [3.8, 4) is 56.0 Å². The van der Waals surface area contributed by atoms with Crippen LogP contribution in [0.2, 0.25) is 0 Å². The van der Waals surface area contributed by atoms with E-state index in [9.17, 15) is 0 Å². The monoisotopic (exact) mass is 588 g/mol. The van der Waals surface area contributed by atoms with E-state index in [-0.39, 0.29) is 0 Å². The zero-order valence-corrected chi connectivity index (χ0v) is 25.0. The van der Waals surface area contributed by atoms with Crippen LogP contribution in [-0.2, 0) is 0 Å². The fourth-order valence-electron chi connectivity index (χ4n) is 6.73. The molecular weight excluding hydrogens is 560 g/mol. The predicted octanol–water partition coefficient (Wildman–Crippen LogP) is 12.7. The highest BCUT2D eigenvalue weighted by molar-refractivity contribution is 6.08. The van der Waals surface area contributed by atoms with Gasteiger partial charge in [-0.1, -0.05) is 146 Å².